The van der Waals surface area contributed by atoms with Crippen LogP contribution < -0.4 is 5.32 Å². The van der Waals surface area contributed by atoms with E-state index in [-0.39, 0.29) is 5.03 Å². The van der Waals surface area contributed by atoms with Gasteiger partial charge in [0.25, 0.3) is 5.91 Å². The Morgan fingerprint density at radius 2 is 2.29 bits per heavy atom. The van der Waals surface area contributed by atoms with Gasteiger partial charge < -0.3 is 9.88 Å². The average molecular weight is 215 g/mol. The SMILES string of the molecule is C=C(Cl)C(=O)NCc1nnc(C)n1C. The van der Waals surface area contributed by atoms with E-state index in [2.05, 4.69) is 22.1 Å². The maximum atomic E-state index is 11.0. The smallest absolute Gasteiger partial charge is 0.262 e. The first kappa shape index (κ1) is 10.7. The molecule has 1 N–H and O–H groups in total. The van der Waals surface area contributed by atoms with E-state index in [0.717, 1.165) is 5.82 Å². The van der Waals surface area contributed by atoms with Crippen molar-refractivity contribution in [2.75, 3.05) is 0 Å². The average Bonchev–Trinajstić information content (AvgIpc) is 2.44. The van der Waals surface area contributed by atoms with Crippen molar-refractivity contribution < 1.29 is 4.79 Å². The van der Waals surface area contributed by atoms with E-state index in [1.165, 1.54) is 0 Å². The summed E-state index contributed by atoms with van der Waals surface area (Å²) in [6, 6.07) is 0. The van der Waals surface area contributed by atoms with Crippen LogP contribution in [0.15, 0.2) is 11.6 Å². The first-order chi connectivity index (χ1) is 6.52. The Hall–Kier alpha value is -1.36. The summed E-state index contributed by atoms with van der Waals surface area (Å²) in [7, 11) is 1.83. The zero-order chi connectivity index (χ0) is 10.7. The standard InChI is InChI=1S/C8H11ClN4O/c1-5(9)8(14)10-4-7-12-11-6(2)13(7)3/h1,4H2,2-3H3,(H,10,14). The number of aromatic nitrogens is 3. The third kappa shape index (κ3) is 2.32. The number of carbonyl (C=O) groups is 1. The fourth-order valence-corrected chi connectivity index (χ4v) is 0.927. The van der Waals surface area contributed by atoms with Gasteiger partial charge in [-0.15, -0.1) is 10.2 Å². The van der Waals surface area contributed by atoms with Gasteiger partial charge in [0.05, 0.1) is 11.6 Å². The van der Waals surface area contributed by atoms with Gasteiger partial charge in [-0.25, -0.2) is 0 Å². The van der Waals surface area contributed by atoms with Crippen LogP contribution in [0.3, 0.4) is 0 Å². The summed E-state index contributed by atoms with van der Waals surface area (Å²) in [4.78, 5) is 11.0. The summed E-state index contributed by atoms with van der Waals surface area (Å²) >= 11 is 5.39. The molecule has 0 saturated carbocycles. The second-order valence-electron chi connectivity index (χ2n) is 2.81. The predicted octanol–water partition coefficient (Wildman–Crippen LogP) is 0.492. The van der Waals surface area contributed by atoms with Gasteiger partial charge in [0.15, 0.2) is 5.82 Å². The van der Waals surface area contributed by atoms with E-state index < -0.39 is 5.91 Å². The van der Waals surface area contributed by atoms with Crippen LogP contribution in [0, 0.1) is 6.92 Å². The maximum Gasteiger partial charge on any atom is 0.262 e. The van der Waals surface area contributed by atoms with Crippen LogP contribution in [-0.4, -0.2) is 20.7 Å². The van der Waals surface area contributed by atoms with Crippen molar-refractivity contribution in [3.8, 4) is 0 Å². The lowest BCUT2D eigenvalue weighted by Gasteiger charge is -2.03. The Labute approximate surface area is 86.8 Å². The molecule has 1 rings (SSSR count). The highest BCUT2D eigenvalue weighted by atomic mass is 35.5. The van der Waals surface area contributed by atoms with E-state index in [1.54, 1.807) is 4.57 Å². The van der Waals surface area contributed by atoms with Gasteiger partial charge in [0.1, 0.15) is 5.82 Å². The maximum absolute atomic E-state index is 11.0. The van der Waals surface area contributed by atoms with Crippen molar-refractivity contribution in [2.45, 2.75) is 13.5 Å². The Balaban J connectivity index is 2.58. The van der Waals surface area contributed by atoms with Crippen LogP contribution in [0.1, 0.15) is 11.6 Å². The number of hydrogen-bond acceptors (Lipinski definition) is 3. The van der Waals surface area contributed by atoms with Gasteiger partial charge in [-0.1, -0.05) is 18.2 Å². The summed E-state index contributed by atoms with van der Waals surface area (Å²) in [5.41, 5.74) is 0. The number of nitrogens with zero attached hydrogens (tertiary/aromatic N) is 3. The van der Waals surface area contributed by atoms with Crippen molar-refractivity contribution in [2.24, 2.45) is 7.05 Å². The number of amides is 1. The van der Waals surface area contributed by atoms with E-state index >= 15 is 0 Å². The molecule has 0 radical (unpaired) electrons. The first-order valence-corrected chi connectivity index (χ1v) is 4.37. The fraction of sp³-hybridized carbons (Fsp3) is 0.375. The van der Waals surface area contributed by atoms with E-state index in [4.69, 9.17) is 11.6 Å². The summed E-state index contributed by atoms with van der Waals surface area (Å²) in [6.45, 7) is 5.43. The zero-order valence-corrected chi connectivity index (χ0v) is 8.80. The van der Waals surface area contributed by atoms with Crippen LogP contribution in [0.2, 0.25) is 0 Å². The van der Waals surface area contributed by atoms with Gasteiger partial charge >= 0.3 is 0 Å². The van der Waals surface area contributed by atoms with Gasteiger partial charge in [-0.3, -0.25) is 4.79 Å². The molecule has 1 amide bonds. The van der Waals surface area contributed by atoms with Crippen molar-refractivity contribution in [1.29, 1.82) is 0 Å². The topological polar surface area (TPSA) is 59.8 Å². The monoisotopic (exact) mass is 214 g/mol. The molecule has 1 heterocycles. The molecule has 0 atom stereocenters. The minimum absolute atomic E-state index is 0.0381. The summed E-state index contributed by atoms with van der Waals surface area (Å²) in [6.07, 6.45) is 0. The molecular weight excluding hydrogens is 204 g/mol. The molecular formula is C8H11ClN4O. The van der Waals surface area contributed by atoms with Gasteiger partial charge in [-0.05, 0) is 6.92 Å². The number of carbonyl (C=O) groups excluding carboxylic acids is 1. The molecule has 0 aliphatic heterocycles. The highest BCUT2D eigenvalue weighted by Gasteiger charge is 2.07. The molecule has 76 valence electrons. The number of halogens is 1. The molecule has 1 aromatic heterocycles. The Morgan fingerprint density at radius 1 is 1.64 bits per heavy atom. The van der Waals surface area contributed by atoms with Gasteiger partial charge in [0, 0.05) is 7.05 Å². The van der Waals surface area contributed by atoms with Gasteiger partial charge in [0.2, 0.25) is 0 Å². The third-order valence-electron chi connectivity index (χ3n) is 1.84. The van der Waals surface area contributed by atoms with Crippen molar-refractivity contribution in [3.63, 3.8) is 0 Å². The highest BCUT2D eigenvalue weighted by Crippen LogP contribution is 1.99. The van der Waals surface area contributed by atoms with Crippen molar-refractivity contribution >= 4 is 17.5 Å². The fourth-order valence-electron chi connectivity index (χ4n) is 0.860. The number of hydrogen-bond donors (Lipinski definition) is 1. The second-order valence-corrected chi connectivity index (χ2v) is 3.27. The van der Waals surface area contributed by atoms with Gasteiger partial charge in [-0.2, -0.15) is 0 Å². The van der Waals surface area contributed by atoms with Crippen molar-refractivity contribution in [1.82, 2.24) is 20.1 Å². The molecule has 0 aliphatic rings. The number of nitrogens with one attached hydrogen (secondary N) is 1. The molecule has 0 spiro atoms. The largest absolute Gasteiger partial charge is 0.344 e. The molecule has 0 aromatic carbocycles. The zero-order valence-electron chi connectivity index (χ0n) is 8.04. The van der Waals surface area contributed by atoms with E-state index in [0.29, 0.717) is 12.4 Å². The summed E-state index contributed by atoms with van der Waals surface area (Å²) in [5.74, 6) is 1.07. The van der Waals surface area contributed by atoms with Crippen LogP contribution in [0.4, 0.5) is 0 Å². The van der Waals surface area contributed by atoms with Crippen LogP contribution >= 0.6 is 11.6 Å². The van der Waals surface area contributed by atoms with E-state index in [1.807, 2.05) is 14.0 Å². The molecule has 1 aromatic rings. The van der Waals surface area contributed by atoms with Crippen LogP contribution in [0.25, 0.3) is 0 Å². The predicted molar refractivity (Wildman–Crippen MR) is 52.6 cm³/mol. The summed E-state index contributed by atoms with van der Waals surface area (Å²) in [5, 5.41) is 10.2. The number of rotatable bonds is 3. The quantitative estimate of drug-likeness (QED) is 0.746. The normalized spacial score (nSPS) is 9.93. The third-order valence-corrected chi connectivity index (χ3v) is 2.01. The lowest BCUT2D eigenvalue weighted by molar-refractivity contribution is -0.117. The van der Waals surface area contributed by atoms with Crippen LogP contribution in [-0.2, 0) is 18.4 Å². The van der Waals surface area contributed by atoms with E-state index in [9.17, 15) is 4.79 Å². The Morgan fingerprint density at radius 3 is 2.71 bits per heavy atom. The molecule has 0 aliphatic carbocycles. The molecule has 0 fully saturated rings. The summed E-state index contributed by atoms with van der Waals surface area (Å²) < 4.78 is 1.79. The molecule has 0 saturated heterocycles. The lowest BCUT2D eigenvalue weighted by Crippen LogP contribution is -2.24. The number of aryl methyl sites for hydroxylation is 1. The molecule has 5 nitrogen and oxygen atoms in total. The van der Waals surface area contributed by atoms with Crippen LogP contribution in [0.5, 0.6) is 0 Å². The van der Waals surface area contributed by atoms with Crippen molar-refractivity contribution in [3.05, 3.63) is 23.3 Å². The molecule has 0 bridgehead atoms. The molecule has 14 heavy (non-hydrogen) atoms. The Kier molecular flexibility index (Phi) is 3.24. The second kappa shape index (κ2) is 4.23. The minimum atomic E-state index is -0.396. The highest BCUT2D eigenvalue weighted by molar-refractivity contribution is 6.41. The Bertz CT molecular complexity index is 371. The first-order valence-electron chi connectivity index (χ1n) is 4.00. The minimum Gasteiger partial charge on any atom is -0.344 e. The lowest BCUT2D eigenvalue weighted by atomic mass is 10.5. The molecule has 6 heteroatoms. The molecule has 0 unspecified atom stereocenters.